The van der Waals surface area contributed by atoms with Crippen molar-refractivity contribution in [2.75, 3.05) is 0 Å². The fourth-order valence-electron chi connectivity index (χ4n) is 1.24. The van der Waals surface area contributed by atoms with Crippen LogP contribution in [0.3, 0.4) is 0 Å². The second kappa shape index (κ2) is 5.07. The van der Waals surface area contributed by atoms with Crippen molar-refractivity contribution in [2.45, 2.75) is 6.54 Å². The molecule has 0 aliphatic rings. The van der Waals surface area contributed by atoms with E-state index in [4.69, 9.17) is 22.1 Å². The first-order valence-corrected chi connectivity index (χ1v) is 5.21. The molecule has 2 rings (SSSR count). The quantitative estimate of drug-likeness (QED) is 0.854. The van der Waals surface area contributed by atoms with Crippen LogP contribution in [0.1, 0.15) is 5.56 Å². The predicted molar refractivity (Wildman–Crippen MR) is 61.4 cm³/mol. The van der Waals surface area contributed by atoms with Gasteiger partial charge < -0.3 is 10.5 Å². The molecule has 0 radical (unpaired) electrons. The van der Waals surface area contributed by atoms with Crippen LogP contribution in [0.25, 0.3) is 0 Å². The van der Waals surface area contributed by atoms with E-state index in [0.29, 0.717) is 5.88 Å². The summed E-state index contributed by atoms with van der Waals surface area (Å²) in [6, 6.07) is 4.67. The molecule has 0 spiro atoms. The second-order valence-electron chi connectivity index (χ2n) is 3.22. The first-order chi connectivity index (χ1) is 8.20. The van der Waals surface area contributed by atoms with Crippen molar-refractivity contribution in [1.82, 2.24) is 9.97 Å². The highest BCUT2D eigenvalue weighted by Crippen LogP contribution is 2.24. The minimum Gasteiger partial charge on any atom is -0.437 e. The number of halogens is 2. The van der Waals surface area contributed by atoms with Gasteiger partial charge in [0.15, 0.2) is 16.7 Å². The lowest BCUT2D eigenvalue weighted by molar-refractivity contribution is 0.449. The molecule has 17 heavy (non-hydrogen) atoms. The molecule has 0 bridgehead atoms. The third-order valence-electron chi connectivity index (χ3n) is 2.06. The third-order valence-corrected chi connectivity index (χ3v) is 2.33. The average Bonchev–Trinajstić information content (AvgIpc) is 2.34. The number of ether oxygens (including phenoxy) is 1. The Bertz CT molecular complexity index is 536. The van der Waals surface area contributed by atoms with E-state index in [0.717, 1.165) is 11.6 Å². The van der Waals surface area contributed by atoms with Crippen LogP contribution in [-0.4, -0.2) is 9.97 Å². The number of hydrogen-bond donors (Lipinski definition) is 1. The van der Waals surface area contributed by atoms with Crippen LogP contribution >= 0.6 is 11.6 Å². The van der Waals surface area contributed by atoms with Gasteiger partial charge in [-0.25, -0.2) is 14.4 Å². The van der Waals surface area contributed by atoms with Crippen molar-refractivity contribution < 1.29 is 9.13 Å². The third kappa shape index (κ3) is 2.69. The van der Waals surface area contributed by atoms with Gasteiger partial charge in [0.25, 0.3) is 0 Å². The Balaban J connectivity index is 2.28. The van der Waals surface area contributed by atoms with E-state index in [9.17, 15) is 4.39 Å². The molecule has 2 aromatic heterocycles. The molecule has 0 aliphatic heterocycles. The molecule has 6 heteroatoms. The standard InChI is InChI=1S/C11H9ClFN3O/c12-10-9(13)4-8(6-16-10)17-11-7(5-14)2-1-3-15-11/h1-4,6H,5,14H2. The Hall–Kier alpha value is -1.72. The van der Waals surface area contributed by atoms with Crippen LogP contribution < -0.4 is 10.5 Å². The molecule has 0 amide bonds. The number of hydrogen-bond acceptors (Lipinski definition) is 4. The van der Waals surface area contributed by atoms with Crippen molar-refractivity contribution in [1.29, 1.82) is 0 Å². The molecular weight excluding hydrogens is 245 g/mol. The maximum Gasteiger partial charge on any atom is 0.223 e. The molecule has 88 valence electrons. The van der Waals surface area contributed by atoms with Crippen molar-refractivity contribution in [3.05, 3.63) is 47.1 Å². The van der Waals surface area contributed by atoms with E-state index < -0.39 is 5.82 Å². The van der Waals surface area contributed by atoms with Gasteiger partial charge in [-0.15, -0.1) is 0 Å². The summed E-state index contributed by atoms with van der Waals surface area (Å²) in [5.74, 6) is -0.0896. The van der Waals surface area contributed by atoms with Gasteiger partial charge in [-0.2, -0.15) is 0 Å². The molecule has 0 unspecified atom stereocenters. The van der Waals surface area contributed by atoms with Gasteiger partial charge >= 0.3 is 0 Å². The van der Waals surface area contributed by atoms with E-state index in [-0.39, 0.29) is 17.4 Å². The van der Waals surface area contributed by atoms with Gasteiger partial charge in [-0.05, 0) is 6.07 Å². The summed E-state index contributed by atoms with van der Waals surface area (Å²) >= 11 is 5.46. The Morgan fingerprint density at radius 3 is 2.94 bits per heavy atom. The first-order valence-electron chi connectivity index (χ1n) is 4.83. The van der Waals surface area contributed by atoms with Gasteiger partial charge in [0, 0.05) is 24.4 Å². The van der Waals surface area contributed by atoms with Crippen LogP contribution in [0.4, 0.5) is 4.39 Å². The second-order valence-corrected chi connectivity index (χ2v) is 3.58. The SMILES string of the molecule is NCc1cccnc1Oc1cnc(Cl)c(F)c1. The topological polar surface area (TPSA) is 61.0 Å². The molecule has 0 fully saturated rings. The Morgan fingerprint density at radius 2 is 2.24 bits per heavy atom. The van der Waals surface area contributed by atoms with Gasteiger partial charge in [0.05, 0.1) is 6.20 Å². The molecule has 0 aromatic carbocycles. The summed E-state index contributed by atoms with van der Waals surface area (Å²) in [4.78, 5) is 7.65. The van der Waals surface area contributed by atoms with Gasteiger partial charge in [-0.1, -0.05) is 17.7 Å². The van der Waals surface area contributed by atoms with Crippen LogP contribution in [-0.2, 0) is 6.54 Å². The summed E-state index contributed by atoms with van der Waals surface area (Å²) in [5.41, 5.74) is 6.25. The molecule has 2 heterocycles. The van der Waals surface area contributed by atoms with Gasteiger partial charge in [0.2, 0.25) is 5.88 Å². The lowest BCUT2D eigenvalue weighted by atomic mass is 10.3. The van der Waals surface area contributed by atoms with E-state index >= 15 is 0 Å². The smallest absolute Gasteiger partial charge is 0.223 e. The highest BCUT2D eigenvalue weighted by atomic mass is 35.5. The maximum atomic E-state index is 13.1. The summed E-state index contributed by atoms with van der Waals surface area (Å²) in [5, 5.41) is -0.197. The molecule has 0 saturated heterocycles. The molecule has 2 N–H and O–H groups in total. The largest absolute Gasteiger partial charge is 0.437 e. The van der Waals surface area contributed by atoms with Crippen molar-refractivity contribution in [3.63, 3.8) is 0 Å². The zero-order valence-electron chi connectivity index (χ0n) is 8.73. The molecule has 0 aliphatic carbocycles. The summed E-state index contributed by atoms with van der Waals surface area (Å²) in [7, 11) is 0. The van der Waals surface area contributed by atoms with Crippen molar-refractivity contribution in [2.24, 2.45) is 5.73 Å². The average molecular weight is 254 g/mol. The minimum absolute atomic E-state index is 0.197. The minimum atomic E-state index is -0.644. The fourth-order valence-corrected chi connectivity index (χ4v) is 1.35. The van der Waals surface area contributed by atoms with Crippen LogP contribution in [0.2, 0.25) is 5.15 Å². The summed E-state index contributed by atoms with van der Waals surface area (Å²) in [6.45, 7) is 0.284. The first kappa shape index (κ1) is 11.8. The Labute approximate surface area is 102 Å². The monoisotopic (exact) mass is 253 g/mol. The summed E-state index contributed by atoms with van der Waals surface area (Å²) < 4.78 is 18.5. The number of aromatic nitrogens is 2. The van der Waals surface area contributed by atoms with Gasteiger partial charge in [0.1, 0.15) is 0 Å². The van der Waals surface area contributed by atoms with Crippen LogP contribution in [0, 0.1) is 5.82 Å². The normalized spacial score (nSPS) is 10.3. The zero-order chi connectivity index (χ0) is 12.3. The molecule has 2 aromatic rings. The number of nitrogens with zero attached hydrogens (tertiary/aromatic N) is 2. The van der Waals surface area contributed by atoms with E-state index in [1.54, 1.807) is 18.3 Å². The zero-order valence-corrected chi connectivity index (χ0v) is 9.49. The lowest BCUT2D eigenvalue weighted by Crippen LogP contribution is -2.01. The van der Waals surface area contributed by atoms with Crippen LogP contribution in [0.5, 0.6) is 11.6 Å². The molecular formula is C11H9ClFN3O. The molecule has 0 atom stereocenters. The predicted octanol–water partition coefficient (Wildman–Crippen LogP) is 2.52. The summed E-state index contributed by atoms with van der Waals surface area (Å²) in [6.07, 6.45) is 2.88. The van der Waals surface area contributed by atoms with Crippen molar-refractivity contribution >= 4 is 11.6 Å². The molecule has 0 saturated carbocycles. The van der Waals surface area contributed by atoms with Crippen LogP contribution in [0.15, 0.2) is 30.6 Å². The van der Waals surface area contributed by atoms with E-state index in [1.807, 2.05) is 0 Å². The Kier molecular flexibility index (Phi) is 3.51. The fraction of sp³-hybridized carbons (Fsp3) is 0.0909. The Morgan fingerprint density at radius 1 is 1.41 bits per heavy atom. The number of rotatable bonds is 3. The molecule has 4 nitrogen and oxygen atoms in total. The highest BCUT2D eigenvalue weighted by molar-refractivity contribution is 6.29. The van der Waals surface area contributed by atoms with E-state index in [1.165, 1.54) is 6.20 Å². The maximum absolute atomic E-state index is 13.1. The van der Waals surface area contributed by atoms with Crippen molar-refractivity contribution in [3.8, 4) is 11.6 Å². The number of nitrogens with two attached hydrogens (primary N) is 1. The lowest BCUT2D eigenvalue weighted by Gasteiger charge is -2.08. The van der Waals surface area contributed by atoms with E-state index in [2.05, 4.69) is 9.97 Å². The number of pyridine rings is 2. The van der Waals surface area contributed by atoms with Gasteiger partial charge in [-0.3, -0.25) is 0 Å². The highest BCUT2D eigenvalue weighted by Gasteiger charge is 2.07.